The van der Waals surface area contributed by atoms with Crippen LogP contribution in [0.4, 0.5) is 5.69 Å². The van der Waals surface area contributed by atoms with E-state index >= 15 is 0 Å². The highest BCUT2D eigenvalue weighted by molar-refractivity contribution is 6.35. The van der Waals surface area contributed by atoms with E-state index in [1.165, 1.54) is 4.68 Å². The Morgan fingerprint density at radius 1 is 1.06 bits per heavy atom. The Kier molecular flexibility index (Phi) is 6.48. The minimum atomic E-state index is -0.309. The summed E-state index contributed by atoms with van der Waals surface area (Å²) in [7, 11) is 0. The van der Waals surface area contributed by atoms with Gasteiger partial charge in [0.05, 0.1) is 17.3 Å². The van der Waals surface area contributed by atoms with Gasteiger partial charge in [-0.15, -0.1) is 0 Å². The fourth-order valence-corrected chi connectivity index (χ4v) is 3.70. The minimum Gasteiger partial charge on any atom is -0.470 e. The molecule has 0 aliphatic rings. The molecule has 32 heavy (non-hydrogen) atoms. The van der Waals surface area contributed by atoms with Gasteiger partial charge >= 0.3 is 0 Å². The summed E-state index contributed by atoms with van der Waals surface area (Å²) in [5.74, 6) is 0.175. The summed E-state index contributed by atoms with van der Waals surface area (Å²) in [5, 5.41) is 12.6. The molecule has 0 unspecified atom stereocenters. The van der Waals surface area contributed by atoms with E-state index in [0.29, 0.717) is 28.0 Å². The van der Waals surface area contributed by atoms with Crippen LogP contribution in [-0.2, 0) is 13.3 Å². The zero-order valence-electron chi connectivity index (χ0n) is 17.5. The van der Waals surface area contributed by atoms with Crippen LogP contribution in [0.1, 0.15) is 27.4 Å². The molecule has 2 aromatic heterocycles. The molecular weight excluding hydrogens is 449 g/mol. The Hall–Kier alpha value is -3.29. The number of halogens is 2. The number of rotatable bonds is 7. The standard InChI is InChI=1S/C23H21Cl2N5O2/c1-15-10-16(2)30(27-15)13-17-4-3-5-19(11-17)26-23(31)21-8-9-29(28-21)14-32-22-7-6-18(24)12-20(22)25/h3-12H,13-14H2,1-2H3,(H,26,31). The van der Waals surface area contributed by atoms with Crippen LogP contribution in [-0.4, -0.2) is 25.5 Å². The molecule has 1 N–H and O–H groups in total. The number of aromatic nitrogens is 4. The molecule has 0 spiro atoms. The van der Waals surface area contributed by atoms with Crippen molar-refractivity contribution in [2.24, 2.45) is 0 Å². The van der Waals surface area contributed by atoms with Crippen molar-refractivity contribution in [3.05, 3.63) is 93.5 Å². The highest BCUT2D eigenvalue weighted by Crippen LogP contribution is 2.27. The number of nitrogens with one attached hydrogen (secondary N) is 1. The Labute approximate surface area is 195 Å². The Morgan fingerprint density at radius 2 is 1.91 bits per heavy atom. The SMILES string of the molecule is Cc1cc(C)n(Cc2cccc(NC(=O)c3ccn(COc4ccc(Cl)cc4Cl)n3)c2)n1. The normalized spacial score (nSPS) is 10.9. The second-order valence-corrected chi connectivity index (χ2v) is 8.17. The van der Waals surface area contributed by atoms with Crippen molar-refractivity contribution < 1.29 is 9.53 Å². The van der Waals surface area contributed by atoms with Crippen LogP contribution in [0.5, 0.6) is 5.75 Å². The number of nitrogens with zero attached hydrogens (tertiary/aromatic N) is 4. The van der Waals surface area contributed by atoms with Crippen molar-refractivity contribution in [3.8, 4) is 5.75 Å². The maximum absolute atomic E-state index is 12.6. The fraction of sp³-hybridized carbons (Fsp3) is 0.174. The first-order valence-corrected chi connectivity index (χ1v) is 10.7. The molecule has 0 fully saturated rings. The number of carbonyl (C=O) groups excluding carboxylic acids is 1. The molecule has 0 aliphatic heterocycles. The summed E-state index contributed by atoms with van der Waals surface area (Å²) in [6.45, 7) is 4.72. The van der Waals surface area contributed by atoms with Crippen molar-refractivity contribution >= 4 is 34.8 Å². The molecule has 2 heterocycles. The molecule has 4 rings (SSSR count). The molecule has 0 radical (unpaired) electrons. The second kappa shape index (κ2) is 9.46. The summed E-state index contributed by atoms with van der Waals surface area (Å²) >= 11 is 12.0. The molecule has 0 saturated carbocycles. The molecule has 0 atom stereocenters. The van der Waals surface area contributed by atoms with Gasteiger partial charge < -0.3 is 10.1 Å². The van der Waals surface area contributed by atoms with Crippen molar-refractivity contribution in [2.45, 2.75) is 27.1 Å². The topological polar surface area (TPSA) is 74.0 Å². The van der Waals surface area contributed by atoms with Gasteiger partial charge in [-0.05, 0) is 61.9 Å². The van der Waals surface area contributed by atoms with Crippen LogP contribution in [0.3, 0.4) is 0 Å². The molecule has 0 aliphatic carbocycles. The number of anilines is 1. The predicted molar refractivity (Wildman–Crippen MR) is 125 cm³/mol. The van der Waals surface area contributed by atoms with E-state index in [-0.39, 0.29) is 18.3 Å². The van der Waals surface area contributed by atoms with E-state index in [4.69, 9.17) is 27.9 Å². The van der Waals surface area contributed by atoms with Gasteiger partial charge in [-0.3, -0.25) is 9.48 Å². The number of aryl methyl sites for hydroxylation is 2. The highest BCUT2D eigenvalue weighted by Gasteiger charge is 2.11. The first-order valence-electron chi connectivity index (χ1n) is 9.90. The van der Waals surface area contributed by atoms with Gasteiger partial charge in [0.15, 0.2) is 12.4 Å². The fourth-order valence-electron chi connectivity index (χ4n) is 3.23. The lowest BCUT2D eigenvalue weighted by molar-refractivity contribution is 0.102. The Morgan fingerprint density at radius 3 is 2.66 bits per heavy atom. The van der Waals surface area contributed by atoms with Crippen molar-refractivity contribution in [2.75, 3.05) is 5.32 Å². The van der Waals surface area contributed by atoms with Crippen molar-refractivity contribution in [1.29, 1.82) is 0 Å². The number of hydrogen-bond acceptors (Lipinski definition) is 4. The van der Waals surface area contributed by atoms with E-state index in [1.807, 2.05) is 48.9 Å². The molecule has 0 bridgehead atoms. The molecule has 0 saturated heterocycles. The lowest BCUT2D eigenvalue weighted by atomic mass is 10.2. The molecule has 7 nitrogen and oxygen atoms in total. The van der Waals surface area contributed by atoms with Gasteiger partial charge in [-0.2, -0.15) is 10.2 Å². The molecule has 2 aromatic carbocycles. The Bertz CT molecular complexity index is 1270. The van der Waals surface area contributed by atoms with E-state index < -0.39 is 0 Å². The number of hydrogen-bond donors (Lipinski definition) is 1. The molecule has 164 valence electrons. The minimum absolute atomic E-state index is 0.104. The van der Waals surface area contributed by atoms with E-state index in [2.05, 4.69) is 15.5 Å². The van der Waals surface area contributed by atoms with Gasteiger partial charge in [0.1, 0.15) is 5.75 Å². The molecule has 1 amide bonds. The largest absolute Gasteiger partial charge is 0.470 e. The quantitative estimate of drug-likeness (QED) is 0.396. The third-order valence-corrected chi connectivity index (χ3v) is 5.27. The monoisotopic (exact) mass is 469 g/mol. The Balaban J connectivity index is 1.38. The van der Waals surface area contributed by atoms with Crippen molar-refractivity contribution in [1.82, 2.24) is 19.6 Å². The van der Waals surface area contributed by atoms with Crippen LogP contribution >= 0.6 is 23.2 Å². The van der Waals surface area contributed by atoms with Crippen LogP contribution in [0.2, 0.25) is 10.0 Å². The van der Waals surface area contributed by atoms with Gasteiger partial charge in [0.2, 0.25) is 0 Å². The first kappa shape index (κ1) is 21.9. The number of ether oxygens (including phenoxy) is 1. The average molecular weight is 470 g/mol. The number of carbonyl (C=O) groups is 1. The summed E-state index contributed by atoms with van der Waals surface area (Å²) in [6.07, 6.45) is 1.66. The number of benzene rings is 2. The smallest absolute Gasteiger partial charge is 0.276 e. The zero-order chi connectivity index (χ0) is 22.7. The molecular formula is C23H21Cl2N5O2. The average Bonchev–Trinajstić information content (AvgIpc) is 3.34. The number of amides is 1. The summed E-state index contributed by atoms with van der Waals surface area (Å²) in [4.78, 5) is 12.6. The molecule has 4 aromatic rings. The maximum atomic E-state index is 12.6. The van der Waals surface area contributed by atoms with Gasteiger partial charge in [0, 0.05) is 22.6 Å². The van der Waals surface area contributed by atoms with E-state index in [0.717, 1.165) is 17.0 Å². The third kappa shape index (κ3) is 5.30. The summed E-state index contributed by atoms with van der Waals surface area (Å²) in [6, 6.07) is 16.3. The van der Waals surface area contributed by atoms with Crippen molar-refractivity contribution in [3.63, 3.8) is 0 Å². The lowest BCUT2D eigenvalue weighted by Crippen LogP contribution is -2.14. The predicted octanol–water partition coefficient (Wildman–Crippen LogP) is 5.34. The second-order valence-electron chi connectivity index (χ2n) is 7.33. The van der Waals surface area contributed by atoms with Gasteiger partial charge in [0.25, 0.3) is 5.91 Å². The summed E-state index contributed by atoms with van der Waals surface area (Å²) < 4.78 is 9.09. The summed E-state index contributed by atoms with van der Waals surface area (Å²) in [5.41, 5.74) is 4.06. The highest BCUT2D eigenvalue weighted by atomic mass is 35.5. The zero-order valence-corrected chi connectivity index (χ0v) is 19.1. The van der Waals surface area contributed by atoms with E-state index in [9.17, 15) is 4.79 Å². The maximum Gasteiger partial charge on any atom is 0.276 e. The third-order valence-electron chi connectivity index (χ3n) is 4.74. The van der Waals surface area contributed by atoms with Gasteiger partial charge in [-0.25, -0.2) is 4.68 Å². The molecule has 9 heteroatoms. The van der Waals surface area contributed by atoms with Crippen LogP contribution in [0.15, 0.2) is 60.8 Å². The van der Waals surface area contributed by atoms with Crippen LogP contribution in [0, 0.1) is 13.8 Å². The van der Waals surface area contributed by atoms with Crippen LogP contribution < -0.4 is 10.1 Å². The van der Waals surface area contributed by atoms with Gasteiger partial charge in [-0.1, -0.05) is 35.3 Å². The van der Waals surface area contributed by atoms with Crippen LogP contribution in [0.25, 0.3) is 0 Å². The first-order chi connectivity index (χ1) is 15.4. The van der Waals surface area contributed by atoms with E-state index in [1.54, 1.807) is 30.5 Å². The lowest BCUT2D eigenvalue weighted by Gasteiger charge is -2.09.